The first-order chi connectivity index (χ1) is 12.5. The van der Waals surface area contributed by atoms with Crippen molar-refractivity contribution in [2.45, 2.75) is 26.7 Å². The number of carbonyl (C=O) groups is 2. The number of thiazole rings is 1. The van der Waals surface area contributed by atoms with E-state index in [2.05, 4.69) is 36.3 Å². The molecule has 0 unspecified atom stereocenters. The molecule has 1 fully saturated rings. The summed E-state index contributed by atoms with van der Waals surface area (Å²) < 4.78 is 0. The zero-order valence-corrected chi connectivity index (χ0v) is 16.7. The van der Waals surface area contributed by atoms with Gasteiger partial charge in [-0.3, -0.25) is 9.59 Å². The smallest absolute Gasteiger partial charge is 0.236 e. The molecule has 26 heavy (non-hydrogen) atoms. The quantitative estimate of drug-likeness (QED) is 0.818. The maximum atomic E-state index is 12.1. The highest BCUT2D eigenvalue weighted by Crippen LogP contribution is 2.26. The van der Waals surface area contributed by atoms with Gasteiger partial charge < -0.3 is 10.2 Å². The van der Waals surface area contributed by atoms with Crippen molar-refractivity contribution in [2.24, 2.45) is 0 Å². The SMILES string of the molecule is Cc1ccc(-c2csc(NC(=O)CSCC(=O)N3CCCC3)n2)cc1C. The second-order valence-corrected chi connectivity index (χ2v) is 8.31. The highest BCUT2D eigenvalue weighted by atomic mass is 32.2. The van der Waals surface area contributed by atoms with E-state index in [0.29, 0.717) is 10.9 Å². The van der Waals surface area contributed by atoms with Gasteiger partial charge in [-0.15, -0.1) is 23.1 Å². The molecular formula is C19H23N3O2S2. The molecule has 7 heteroatoms. The van der Waals surface area contributed by atoms with Crippen molar-refractivity contribution in [3.8, 4) is 11.3 Å². The Bertz CT molecular complexity index is 798. The van der Waals surface area contributed by atoms with E-state index in [0.717, 1.165) is 37.2 Å². The number of aryl methyl sites for hydroxylation is 2. The number of nitrogens with one attached hydrogen (secondary N) is 1. The lowest BCUT2D eigenvalue weighted by atomic mass is 10.1. The number of benzene rings is 1. The minimum Gasteiger partial charge on any atom is -0.342 e. The van der Waals surface area contributed by atoms with Crippen LogP contribution in [0.5, 0.6) is 0 Å². The van der Waals surface area contributed by atoms with Crippen LogP contribution in [0.2, 0.25) is 0 Å². The molecule has 1 aliphatic heterocycles. The molecule has 1 aliphatic rings. The lowest BCUT2D eigenvalue weighted by molar-refractivity contribution is -0.127. The number of aromatic nitrogens is 1. The number of anilines is 1. The van der Waals surface area contributed by atoms with Crippen LogP contribution in [-0.4, -0.2) is 46.3 Å². The topological polar surface area (TPSA) is 62.3 Å². The van der Waals surface area contributed by atoms with Gasteiger partial charge in [0.15, 0.2) is 5.13 Å². The van der Waals surface area contributed by atoms with Gasteiger partial charge in [-0.05, 0) is 43.9 Å². The van der Waals surface area contributed by atoms with E-state index in [9.17, 15) is 9.59 Å². The summed E-state index contributed by atoms with van der Waals surface area (Å²) in [6, 6.07) is 6.23. The summed E-state index contributed by atoms with van der Waals surface area (Å²) >= 11 is 2.77. The number of likely N-dealkylation sites (tertiary alicyclic amines) is 1. The Morgan fingerprint density at radius 2 is 1.96 bits per heavy atom. The van der Waals surface area contributed by atoms with E-state index < -0.39 is 0 Å². The van der Waals surface area contributed by atoms with Crippen LogP contribution in [0.1, 0.15) is 24.0 Å². The molecule has 3 rings (SSSR count). The molecule has 138 valence electrons. The molecule has 0 bridgehead atoms. The van der Waals surface area contributed by atoms with E-state index in [1.165, 1.54) is 34.2 Å². The van der Waals surface area contributed by atoms with Gasteiger partial charge in [-0.1, -0.05) is 12.1 Å². The average molecular weight is 390 g/mol. The monoisotopic (exact) mass is 389 g/mol. The number of nitrogens with zero attached hydrogens (tertiary/aromatic N) is 2. The normalized spacial score (nSPS) is 13.8. The third-order valence-electron chi connectivity index (χ3n) is 4.47. The van der Waals surface area contributed by atoms with Gasteiger partial charge in [-0.25, -0.2) is 4.98 Å². The number of hydrogen-bond donors (Lipinski definition) is 1. The van der Waals surface area contributed by atoms with Crippen molar-refractivity contribution >= 4 is 40.0 Å². The molecule has 0 radical (unpaired) electrons. The number of amides is 2. The third kappa shape index (κ3) is 4.86. The van der Waals surface area contributed by atoms with Gasteiger partial charge in [0.2, 0.25) is 11.8 Å². The number of carbonyl (C=O) groups excluding carboxylic acids is 2. The Morgan fingerprint density at radius 1 is 1.19 bits per heavy atom. The second-order valence-electron chi connectivity index (χ2n) is 6.47. The zero-order valence-electron chi connectivity index (χ0n) is 15.1. The van der Waals surface area contributed by atoms with Crippen molar-refractivity contribution < 1.29 is 9.59 Å². The van der Waals surface area contributed by atoms with E-state index in [4.69, 9.17) is 0 Å². The summed E-state index contributed by atoms with van der Waals surface area (Å²) in [5.74, 6) is 0.633. The zero-order chi connectivity index (χ0) is 18.5. The molecule has 2 amide bonds. The minimum absolute atomic E-state index is 0.120. The Balaban J connectivity index is 1.48. The molecule has 0 spiro atoms. The van der Waals surface area contributed by atoms with Gasteiger partial charge in [0.1, 0.15) is 0 Å². The molecule has 2 aromatic rings. The first-order valence-corrected chi connectivity index (χ1v) is 10.7. The Hall–Kier alpha value is -1.86. The largest absolute Gasteiger partial charge is 0.342 e. The van der Waals surface area contributed by atoms with E-state index in [1.807, 2.05) is 16.3 Å². The van der Waals surface area contributed by atoms with Crippen molar-refractivity contribution in [3.05, 3.63) is 34.7 Å². The Labute approximate surface area is 162 Å². The fourth-order valence-corrected chi connectivity index (χ4v) is 4.26. The molecule has 0 aliphatic carbocycles. The van der Waals surface area contributed by atoms with E-state index >= 15 is 0 Å². The second kappa shape index (κ2) is 8.68. The average Bonchev–Trinajstić information content (AvgIpc) is 3.29. The summed E-state index contributed by atoms with van der Waals surface area (Å²) in [5.41, 5.74) is 4.39. The predicted octanol–water partition coefficient (Wildman–Crippen LogP) is 3.72. The third-order valence-corrected chi connectivity index (χ3v) is 6.15. The van der Waals surface area contributed by atoms with Crippen LogP contribution in [-0.2, 0) is 9.59 Å². The number of hydrogen-bond acceptors (Lipinski definition) is 5. The van der Waals surface area contributed by atoms with Crippen LogP contribution < -0.4 is 5.32 Å². The van der Waals surface area contributed by atoms with Crippen molar-refractivity contribution in [3.63, 3.8) is 0 Å². The van der Waals surface area contributed by atoms with E-state index in [1.54, 1.807) is 0 Å². The summed E-state index contributed by atoms with van der Waals surface area (Å²) in [6.07, 6.45) is 2.17. The maximum Gasteiger partial charge on any atom is 0.236 e. The lowest BCUT2D eigenvalue weighted by Gasteiger charge is -2.14. The number of rotatable bonds is 6. The fraction of sp³-hybridized carbons (Fsp3) is 0.421. The number of thioether (sulfide) groups is 1. The van der Waals surface area contributed by atoms with Gasteiger partial charge >= 0.3 is 0 Å². The standard InChI is InChI=1S/C19H23N3O2S2/c1-13-5-6-15(9-14(13)2)16-10-26-19(20-16)21-17(23)11-25-12-18(24)22-7-3-4-8-22/h5-6,9-10H,3-4,7-8,11-12H2,1-2H3,(H,20,21,23). The van der Waals surface area contributed by atoms with Crippen LogP contribution in [0.3, 0.4) is 0 Å². The highest BCUT2D eigenvalue weighted by molar-refractivity contribution is 8.00. The van der Waals surface area contributed by atoms with Gasteiger partial charge in [0, 0.05) is 24.0 Å². The highest BCUT2D eigenvalue weighted by Gasteiger charge is 2.18. The van der Waals surface area contributed by atoms with Crippen LogP contribution >= 0.6 is 23.1 Å². The van der Waals surface area contributed by atoms with Crippen LogP contribution in [0, 0.1) is 13.8 Å². The first kappa shape index (κ1) is 18.9. The van der Waals surface area contributed by atoms with Crippen molar-refractivity contribution in [1.29, 1.82) is 0 Å². The molecule has 2 heterocycles. The lowest BCUT2D eigenvalue weighted by Crippen LogP contribution is -2.29. The fourth-order valence-electron chi connectivity index (χ4n) is 2.81. The molecule has 1 aromatic heterocycles. The Morgan fingerprint density at radius 3 is 2.69 bits per heavy atom. The molecule has 1 saturated heterocycles. The summed E-state index contributed by atoms with van der Waals surface area (Å²) in [5, 5.41) is 5.36. The molecule has 1 N–H and O–H groups in total. The summed E-state index contributed by atoms with van der Waals surface area (Å²) in [4.78, 5) is 30.4. The van der Waals surface area contributed by atoms with Gasteiger partial charge in [-0.2, -0.15) is 0 Å². The molecule has 0 atom stereocenters. The van der Waals surface area contributed by atoms with Gasteiger partial charge in [0.05, 0.1) is 17.2 Å². The summed E-state index contributed by atoms with van der Waals surface area (Å²) in [7, 11) is 0. The van der Waals surface area contributed by atoms with Crippen LogP contribution in [0.4, 0.5) is 5.13 Å². The molecule has 5 nitrogen and oxygen atoms in total. The van der Waals surface area contributed by atoms with E-state index in [-0.39, 0.29) is 17.6 Å². The maximum absolute atomic E-state index is 12.1. The van der Waals surface area contributed by atoms with Crippen LogP contribution in [0.25, 0.3) is 11.3 Å². The molecule has 0 saturated carbocycles. The van der Waals surface area contributed by atoms with Crippen molar-refractivity contribution in [1.82, 2.24) is 9.88 Å². The first-order valence-electron chi connectivity index (χ1n) is 8.71. The minimum atomic E-state index is -0.120. The Kier molecular flexibility index (Phi) is 6.32. The van der Waals surface area contributed by atoms with Crippen molar-refractivity contribution in [2.75, 3.05) is 29.9 Å². The van der Waals surface area contributed by atoms with Gasteiger partial charge in [0.25, 0.3) is 0 Å². The molecular weight excluding hydrogens is 366 g/mol. The predicted molar refractivity (Wildman–Crippen MR) is 109 cm³/mol. The molecule has 1 aromatic carbocycles. The summed E-state index contributed by atoms with van der Waals surface area (Å²) in [6.45, 7) is 5.87. The van der Waals surface area contributed by atoms with Crippen LogP contribution in [0.15, 0.2) is 23.6 Å².